The van der Waals surface area contributed by atoms with Crippen molar-refractivity contribution in [1.29, 1.82) is 5.26 Å². The lowest BCUT2D eigenvalue weighted by molar-refractivity contribution is 0.148. The number of thiazole rings is 1. The van der Waals surface area contributed by atoms with Crippen molar-refractivity contribution in [1.82, 2.24) is 30.2 Å². The number of carbonyl (C=O) groups is 1. The number of hydrogen-bond acceptors (Lipinski definition) is 13. The molecule has 0 radical (unpaired) electrons. The minimum Gasteiger partial charge on any atom is -0.471 e. The van der Waals surface area contributed by atoms with Crippen molar-refractivity contribution in [2.75, 3.05) is 30.8 Å². The smallest absolute Gasteiger partial charge is 0.407 e. The molecular weight excluding hydrogens is 727 g/mol. The Morgan fingerprint density at radius 3 is 2.62 bits per heavy atom. The number of amides is 1. The molecule has 0 aliphatic heterocycles. The van der Waals surface area contributed by atoms with Gasteiger partial charge in [-0.1, -0.05) is 50.2 Å². The highest BCUT2D eigenvalue weighted by Gasteiger charge is 2.39. The van der Waals surface area contributed by atoms with E-state index in [0.29, 0.717) is 35.7 Å². The Bertz CT molecular complexity index is 2530. The topological polar surface area (TPSA) is 168 Å². The highest BCUT2D eigenvalue weighted by atomic mass is 32.1. The molecule has 53 heavy (non-hydrogen) atoms. The van der Waals surface area contributed by atoms with Gasteiger partial charge in [-0.25, -0.2) is 14.8 Å². The molecule has 0 saturated heterocycles. The molecule has 5 heterocycles. The maximum Gasteiger partial charge on any atom is 0.407 e. The van der Waals surface area contributed by atoms with Gasteiger partial charge in [0.2, 0.25) is 11.8 Å². The van der Waals surface area contributed by atoms with Gasteiger partial charge >= 0.3 is 6.09 Å². The van der Waals surface area contributed by atoms with Crippen molar-refractivity contribution >= 4 is 84.1 Å². The van der Waals surface area contributed by atoms with Gasteiger partial charge in [0.15, 0.2) is 11.2 Å². The molecule has 266 valence electrons. The molecule has 0 spiro atoms. The van der Waals surface area contributed by atoms with Crippen LogP contribution in [0.5, 0.6) is 5.88 Å². The molecule has 1 amide bonds. The van der Waals surface area contributed by atoms with Crippen LogP contribution in [-0.2, 0) is 23.3 Å². The fourth-order valence-electron chi connectivity index (χ4n) is 6.17. The van der Waals surface area contributed by atoms with Gasteiger partial charge in [-0.3, -0.25) is 0 Å². The number of para-hydroxylation sites is 1. The number of fused-ring (bicyclic) bond motifs is 5. The molecule has 0 atom stereocenters. The molecule has 4 N–H and O–H groups in total. The van der Waals surface area contributed by atoms with Crippen molar-refractivity contribution in [3.05, 3.63) is 99.1 Å². The van der Waals surface area contributed by atoms with Gasteiger partial charge in [0.05, 0.1) is 38.5 Å². The number of nitrogens with zero attached hydrogens (tertiary/aromatic N) is 6. The number of thiophene rings is 2. The van der Waals surface area contributed by atoms with Gasteiger partial charge in [0.1, 0.15) is 24.3 Å². The molecule has 0 fully saturated rings. The number of allylic oxidation sites excluding steroid dienone is 1. The molecule has 12 nitrogen and oxygen atoms in total. The fraction of sp³-hybridized carbons (Fsp3) is 0.211. The van der Waals surface area contributed by atoms with Gasteiger partial charge in [-0.05, 0) is 52.6 Å². The highest BCUT2D eigenvalue weighted by Crippen LogP contribution is 2.57. The number of imidazole rings is 1. The summed E-state index contributed by atoms with van der Waals surface area (Å²) in [7, 11) is 2.01. The SMILES string of the molecule is CN(CCOC(=O)NCc1ccc(COc2nc(N)nc3[nH]cnc23)cc1)c1cc2c(s1)-c1sc(/C=C(/C#N)c3nc4ccccc4s3)cc1C2(C)C. The molecule has 2 aromatic carbocycles. The Morgan fingerprint density at radius 2 is 1.81 bits per heavy atom. The number of hydrogen-bond donors (Lipinski definition) is 3. The third-order valence-electron chi connectivity index (χ3n) is 9.09. The zero-order valence-electron chi connectivity index (χ0n) is 29.0. The lowest BCUT2D eigenvalue weighted by Crippen LogP contribution is -2.28. The molecule has 1 aliphatic rings. The number of aromatic amines is 1. The Kier molecular flexibility index (Phi) is 9.03. The number of nitrogens with two attached hydrogens (primary N) is 1. The van der Waals surface area contributed by atoms with Crippen molar-refractivity contribution in [3.8, 4) is 21.7 Å². The summed E-state index contributed by atoms with van der Waals surface area (Å²) >= 11 is 4.99. The van der Waals surface area contributed by atoms with E-state index >= 15 is 0 Å². The average Bonchev–Trinajstić information content (AvgIpc) is 3.98. The first-order valence-electron chi connectivity index (χ1n) is 16.7. The first-order chi connectivity index (χ1) is 25.7. The van der Waals surface area contributed by atoms with Gasteiger partial charge < -0.3 is 30.4 Å². The number of nitrogen functional groups attached to an aromatic ring is 1. The molecule has 0 saturated carbocycles. The third-order valence-corrected chi connectivity index (χ3v) is 12.7. The lowest BCUT2D eigenvalue weighted by Gasteiger charge is -2.20. The van der Waals surface area contributed by atoms with Crippen LogP contribution in [0, 0.1) is 11.3 Å². The van der Waals surface area contributed by atoms with Crippen LogP contribution in [0.4, 0.5) is 15.7 Å². The van der Waals surface area contributed by atoms with Crippen LogP contribution >= 0.6 is 34.0 Å². The summed E-state index contributed by atoms with van der Waals surface area (Å²) in [4.78, 5) is 38.2. The highest BCUT2D eigenvalue weighted by molar-refractivity contribution is 7.25. The molecule has 5 aromatic heterocycles. The Labute approximate surface area is 316 Å². The van der Waals surface area contributed by atoms with E-state index in [1.54, 1.807) is 22.7 Å². The average molecular weight is 760 g/mol. The van der Waals surface area contributed by atoms with E-state index in [2.05, 4.69) is 62.2 Å². The van der Waals surface area contributed by atoms with E-state index in [9.17, 15) is 10.1 Å². The number of alkyl carbamates (subject to hydrolysis) is 1. The van der Waals surface area contributed by atoms with E-state index < -0.39 is 6.09 Å². The van der Waals surface area contributed by atoms with Crippen molar-refractivity contribution in [2.24, 2.45) is 0 Å². The van der Waals surface area contributed by atoms with Gasteiger partial charge in [0.25, 0.3) is 0 Å². The first kappa shape index (κ1) is 34.3. The van der Waals surface area contributed by atoms with Crippen LogP contribution in [0.1, 0.15) is 46.0 Å². The predicted molar refractivity (Wildman–Crippen MR) is 211 cm³/mol. The van der Waals surface area contributed by atoms with Crippen LogP contribution < -0.4 is 20.7 Å². The Balaban J connectivity index is 0.839. The summed E-state index contributed by atoms with van der Waals surface area (Å²) < 4.78 is 12.4. The number of likely N-dealkylation sites (N-methyl/N-ethyl adjacent to an activating group) is 1. The fourth-order valence-corrected chi connectivity index (χ4v) is 9.83. The monoisotopic (exact) mass is 759 g/mol. The molecule has 7 aromatic rings. The number of rotatable bonds is 11. The van der Waals surface area contributed by atoms with E-state index in [4.69, 9.17) is 20.2 Å². The zero-order valence-corrected chi connectivity index (χ0v) is 31.4. The first-order valence-corrected chi connectivity index (χ1v) is 19.2. The summed E-state index contributed by atoms with van der Waals surface area (Å²) in [6.45, 7) is 5.88. The Morgan fingerprint density at radius 1 is 1.04 bits per heavy atom. The van der Waals surface area contributed by atoms with Crippen LogP contribution in [0.15, 0.2) is 67.0 Å². The minimum atomic E-state index is -0.476. The molecule has 8 rings (SSSR count). The number of benzene rings is 2. The summed E-state index contributed by atoms with van der Waals surface area (Å²) in [5, 5.41) is 14.7. The third kappa shape index (κ3) is 6.79. The number of nitrogens with one attached hydrogen (secondary N) is 2. The number of anilines is 2. The van der Waals surface area contributed by atoms with E-state index in [-0.39, 0.29) is 24.6 Å². The van der Waals surface area contributed by atoms with E-state index in [1.165, 1.54) is 38.5 Å². The standard InChI is InChI=1S/C38H33N9O3S3/c1-38(2)25-15-24(14-23(17-39)35-44-27-6-4-5-7-28(27)52-35)51-31(25)32-26(38)16-29(53-32)47(3)12-13-49-37(48)41-18-21-8-10-22(11-9-21)19-50-34-30-33(43-20-42-30)45-36(40)46-34/h4-11,14-16,20H,12-13,18-19H2,1-3H3,(H,41,48)(H3,40,42,43,45,46)/b23-14-. The second-order valence-corrected chi connectivity index (χ2v) is 16.1. The Hall–Kier alpha value is -5.82. The largest absolute Gasteiger partial charge is 0.471 e. The number of aromatic nitrogens is 5. The number of H-pyrrole nitrogens is 1. The van der Waals surface area contributed by atoms with Crippen LogP contribution in [0.3, 0.4) is 0 Å². The summed E-state index contributed by atoms with van der Waals surface area (Å²) in [6, 6.07) is 22.5. The van der Waals surface area contributed by atoms with E-state index in [0.717, 1.165) is 36.2 Å². The van der Waals surface area contributed by atoms with Crippen molar-refractivity contribution in [2.45, 2.75) is 32.4 Å². The maximum atomic E-state index is 12.5. The molecular formula is C38H33N9O3S3. The van der Waals surface area contributed by atoms with Crippen LogP contribution in [-0.4, -0.2) is 51.2 Å². The van der Waals surface area contributed by atoms with Gasteiger partial charge in [-0.15, -0.1) is 34.0 Å². The van der Waals surface area contributed by atoms with Crippen molar-refractivity contribution < 1.29 is 14.3 Å². The lowest BCUT2D eigenvalue weighted by atomic mass is 9.84. The summed E-state index contributed by atoms with van der Waals surface area (Å²) in [5.74, 6) is 0.414. The molecule has 0 unspecified atom stereocenters. The van der Waals surface area contributed by atoms with Crippen molar-refractivity contribution in [3.63, 3.8) is 0 Å². The normalized spacial score (nSPS) is 13.1. The quantitative estimate of drug-likeness (QED) is 0.110. The minimum absolute atomic E-state index is 0.102. The van der Waals surface area contributed by atoms with Gasteiger partial charge in [-0.2, -0.15) is 15.2 Å². The molecule has 0 bridgehead atoms. The molecule has 15 heteroatoms. The zero-order chi connectivity index (χ0) is 36.7. The summed E-state index contributed by atoms with van der Waals surface area (Å²) in [6.07, 6.45) is 3.00. The van der Waals surface area contributed by atoms with Crippen LogP contribution in [0.2, 0.25) is 0 Å². The predicted octanol–water partition coefficient (Wildman–Crippen LogP) is 7.98. The summed E-state index contributed by atoms with van der Waals surface area (Å²) in [5.41, 5.74) is 12.5. The van der Waals surface area contributed by atoms with Gasteiger partial charge in [0, 0.05) is 28.8 Å². The second kappa shape index (κ2) is 14.0. The number of nitriles is 1. The maximum absolute atomic E-state index is 12.5. The number of ether oxygens (including phenoxy) is 2. The second-order valence-electron chi connectivity index (χ2n) is 13.0. The number of carbonyl (C=O) groups excluding carboxylic acids is 1. The van der Waals surface area contributed by atoms with E-state index in [1.807, 2.05) is 61.7 Å². The van der Waals surface area contributed by atoms with Crippen LogP contribution in [0.25, 0.3) is 42.8 Å². The molecule has 1 aliphatic carbocycles.